The zero-order chi connectivity index (χ0) is 15.5. The van der Waals surface area contributed by atoms with E-state index >= 15 is 0 Å². The van der Waals surface area contributed by atoms with Gasteiger partial charge in [0.15, 0.2) is 5.84 Å². The van der Waals surface area contributed by atoms with Crippen LogP contribution in [-0.2, 0) is 16.1 Å². The quantitative estimate of drug-likeness (QED) is 0.940. The molecule has 1 aromatic heterocycles. The minimum absolute atomic E-state index is 0.00650. The zero-order valence-electron chi connectivity index (χ0n) is 12.0. The van der Waals surface area contributed by atoms with Crippen molar-refractivity contribution in [2.45, 2.75) is 25.9 Å². The maximum absolute atomic E-state index is 12.9. The van der Waals surface area contributed by atoms with Gasteiger partial charge in [0.2, 0.25) is 5.91 Å². The molecule has 0 bridgehead atoms. The van der Waals surface area contributed by atoms with Gasteiger partial charge in [-0.1, -0.05) is 5.16 Å². The molecule has 3 rings (SSSR count). The summed E-state index contributed by atoms with van der Waals surface area (Å²) in [4.78, 5) is 16.9. The van der Waals surface area contributed by atoms with Crippen LogP contribution in [0.3, 0.4) is 0 Å². The van der Waals surface area contributed by atoms with E-state index in [1.807, 2.05) is 6.92 Å². The van der Waals surface area contributed by atoms with E-state index < -0.39 is 0 Å². The van der Waals surface area contributed by atoms with Gasteiger partial charge in [-0.05, 0) is 37.3 Å². The van der Waals surface area contributed by atoms with E-state index in [0.29, 0.717) is 18.0 Å². The topological polar surface area (TPSA) is 68.5 Å². The molecule has 0 aliphatic carbocycles. The van der Waals surface area contributed by atoms with Crippen molar-refractivity contribution in [1.29, 1.82) is 0 Å². The molecule has 2 aromatic rings. The number of rotatable bonds is 3. The van der Waals surface area contributed by atoms with Crippen LogP contribution in [0.1, 0.15) is 19.0 Å². The fourth-order valence-corrected chi connectivity index (χ4v) is 2.14. The molecule has 22 heavy (non-hydrogen) atoms. The second-order valence-corrected chi connectivity index (χ2v) is 5.11. The van der Waals surface area contributed by atoms with Gasteiger partial charge in [0.1, 0.15) is 11.9 Å². The highest BCUT2D eigenvalue weighted by Crippen LogP contribution is 2.10. The number of carbonyl (C=O) groups is 1. The second-order valence-electron chi connectivity index (χ2n) is 5.11. The summed E-state index contributed by atoms with van der Waals surface area (Å²) in [5.74, 6) is 0.0422. The zero-order valence-corrected chi connectivity index (χ0v) is 12.0. The first kappa shape index (κ1) is 14.2. The molecule has 1 N–H and O–H groups in total. The minimum atomic E-state index is -0.302. The van der Waals surface area contributed by atoms with Gasteiger partial charge in [0, 0.05) is 12.6 Å². The second kappa shape index (κ2) is 5.97. The van der Waals surface area contributed by atoms with Crippen molar-refractivity contribution in [3.63, 3.8) is 0 Å². The van der Waals surface area contributed by atoms with Crippen molar-refractivity contribution in [2.24, 2.45) is 5.16 Å². The van der Waals surface area contributed by atoms with E-state index in [1.54, 1.807) is 29.1 Å². The molecule has 7 heteroatoms. The molecule has 0 unspecified atom stereocenters. The predicted octanol–water partition coefficient (Wildman–Crippen LogP) is 1.79. The molecule has 0 fully saturated rings. The lowest BCUT2D eigenvalue weighted by Gasteiger charge is -2.02. The van der Waals surface area contributed by atoms with Crippen molar-refractivity contribution in [3.8, 4) is 5.69 Å². The van der Waals surface area contributed by atoms with Crippen molar-refractivity contribution >= 4 is 11.7 Å². The molecule has 114 valence electrons. The Hall–Kier alpha value is -2.70. The summed E-state index contributed by atoms with van der Waals surface area (Å²) in [6.45, 7) is 1.88. The molecule has 2 heterocycles. The van der Waals surface area contributed by atoms with Crippen LogP contribution in [0.15, 0.2) is 41.7 Å². The highest BCUT2D eigenvalue weighted by molar-refractivity contribution is 5.99. The van der Waals surface area contributed by atoms with Gasteiger partial charge in [-0.2, -0.15) is 5.10 Å². The lowest BCUT2D eigenvalue weighted by molar-refractivity contribution is -0.119. The van der Waals surface area contributed by atoms with Gasteiger partial charge in [0.25, 0.3) is 0 Å². The fourth-order valence-electron chi connectivity index (χ4n) is 2.14. The molecular weight excluding hydrogens is 287 g/mol. The maximum atomic E-state index is 12.9. The Morgan fingerprint density at radius 1 is 1.41 bits per heavy atom. The maximum Gasteiger partial charge on any atom is 0.231 e. The standard InChI is InChI=1S/C15H15FN4O2/c1-10-8-14(19-22-10)17-15(21)9-12-6-7-20(18-12)13-4-2-11(16)3-5-13/h2-7,10H,8-9H2,1H3,(H,17,19,21)/t10-/m1/s1. The van der Waals surface area contributed by atoms with E-state index in [-0.39, 0.29) is 24.2 Å². The molecule has 1 aromatic carbocycles. The average Bonchev–Trinajstić information content (AvgIpc) is 3.09. The molecule has 1 atom stereocenters. The Morgan fingerprint density at radius 3 is 2.86 bits per heavy atom. The molecule has 1 aliphatic heterocycles. The van der Waals surface area contributed by atoms with Crippen LogP contribution in [-0.4, -0.2) is 27.6 Å². The van der Waals surface area contributed by atoms with Crippen LogP contribution in [0, 0.1) is 5.82 Å². The number of amidine groups is 1. The van der Waals surface area contributed by atoms with Crippen molar-refractivity contribution in [1.82, 2.24) is 15.1 Å². The SMILES string of the molecule is C[C@@H]1CC(NC(=O)Cc2ccn(-c3ccc(F)cc3)n2)=NO1. The summed E-state index contributed by atoms with van der Waals surface area (Å²) in [6.07, 6.45) is 2.46. The largest absolute Gasteiger partial charge is 0.391 e. The third-order valence-electron chi connectivity index (χ3n) is 3.18. The molecule has 0 spiro atoms. The van der Waals surface area contributed by atoms with Crippen molar-refractivity contribution in [3.05, 3.63) is 48.0 Å². The number of halogens is 1. The Morgan fingerprint density at radius 2 is 2.18 bits per heavy atom. The third-order valence-corrected chi connectivity index (χ3v) is 3.18. The third kappa shape index (κ3) is 3.30. The van der Waals surface area contributed by atoms with E-state index in [1.165, 1.54) is 12.1 Å². The van der Waals surface area contributed by atoms with Crippen LogP contribution in [0.2, 0.25) is 0 Å². The molecule has 0 saturated heterocycles. The molecule has 0 radical (unpaired) electrons. The Balaban J connectivity index is 1.62. The first-order valence-corrected chi connectivity index (χ1v) is 6.93. The number of oxime groups is 1. The number of hydrogen-bond acceptors (Lipinski definition) is 4. The predicted molar refractivity (Wildman–Crippen MR) is 78.0 cm³/mol. The first-order valence-electron chi connectivity index (χ1n) is 6.93. The van der Waals surface area contributed by atoms with Gasteiger partial charge in [0.05, 0.1) is 17.8 Å². The average molecular weight is 302 g/mol. The number of nitrogens with one attached hydrogen (secondary N) is 1. The lowest BCUT2D eigenvalue weighted by atomic mass is 10.2. The number of nitrogens with zero attached hydrogens (tertiary/aromatic N) is 3. The van der Waals surface area contributed by atoms with Gasteiger partial charge < -0.3 is 10.2 Å². The summed E-state index contributed by atoms with van der Waals surface area (Å²) >= 11 is 0. The van der Waals surface area contributed by atoms with E-state index in [0.717, 1.165) is 5.69 Å². The number of hydrogen-bond donors (Lipinski definition) is 1. The van der Waals surface area contributed by atoms with Gasteiger partial charge in [-0.15, -0.1) is 0 Å². The number of amides is 1. The van der Waals surface area contributed by atoms with E-state index in [9.17, 15) is 9.18 Å². The fraction of sp³-hybridized carbons (Fsp3) is 0.267. The molecular formula is C15H15FN4O2. The highest BCUT2D eigenvalue weighted by Gasteiger charge is 2.18. The summed E-state index contributed by atoms with van der Waals surface area (Å²) in [6, 6.07) is 7.72. The summed E-state index contributed by atoms with van der Waals surface area (Å²) < 4.78 is 14.5. The molecule has 0 saturated carbocycles. The molecule has 1 amide bonds. The van der Waals surface area contributed by atoms with Gasteiger partial charge in [-0.3, -0.25) is 4.79 Å². The Labute approximate surface area is 126 Å². The Kier molecular flexibility index (Phi) is 3.86. The first-order chi connectivity index (χ1) is 10.6. The molecule has 1 aliphatic rings. The van der Waals surface area contributed by atoms with Crippen LogP contribution in [0.4, 0.5) is 4.39 Å². The van der Waals surface area contributed by atoms with Gasteiger partial charge in [-0.25, -0.2) is 9.07 Å². The van der Waals surface area contributed by atoms with Crippen molar-refractivity contribution in [2.75, 3.05) is 0 Å². The van der Waals surface area contributed by atoms with Crippen LogP contribution < -0.4 is 5.32 Å². The molecule has 6 nitrogen and oxygen atoms in total. The Bertz CT molecular complexity index is 709. The van der Waals surface area contributed by atoms with Crippen LogP contribution >= 0.6 is 0 Å². The summed E-state index contributed by atoms with van der Waals surface area (Å²) in [5, 5.41) is 10.8. The van der Waals surface area contributed by atoms with E-state index in [2.05, 4.69) is 15.6 Å². The van der Waals surface area contributed by atoms with Crippen molar-refractivity contribution < 1.29 is 14.0 Å². The highest BCUT2D eigenvalue weighted by atomic mass is 19.1. The van der Waals surface area contributed by atoms with Gasteiger partial charge >= 0.3 is 0 Å². The number of carbonyl (C=O) groups excluding carboxylic acids is 1. The normalized spacial score (nSPS) is 17.0. The summed E-state index contributed by atoms with van der Waals surface area (Å²) in [7, 11) is 0. The smallest absolute Gasteiger partial charge is 0.231 e. The number of benzene rings is 1. The van der Waals surface area contributed by atoms with Crippen LogP contribution in [0.5, 0.6) is 0 Å². The van der Waals surface area contributed by atoms with E-state index in [4.69, 9.17) is 4.84 Å². The number of aromatic nitrogens is 2. The lowest BCUT2D eigenvalue weighted by Crippen LogP contribution is -2.31. The van der Waals surface area contributed by atoms with Crippen LogP contribution in [0.25, 0.3) is 5.69 Å². The minimum Gasteiger partial charge on any atom is -0.391 e. The summed E-state index contributed by atoms with van der Waals surface area (Å²) in [5.41, 5.74) is 1.35. The monoisotopic (exact) mass is 302 g/mol.